The van der Waals surface area contributed by atoms with E-state index in [9.17, 15) is 5.26 Å². The third-order valence-electron chi connectivity index (χ3n) is 3.62. The monoisotopic (exact) mass is 265 g/mol. The van der Waals surface area contributed by atoms with Crippen molar-refractivity contribution in [2.75, 3.05) is 0 Å². The Morgan fingerprint density at radius 2 is 2.30 bits per heavy atom. The standard InChI is InChI=1S/C15H15N5/c1-2-4-13-11(7-16)14(10-5-3-6-17-8-10)12-9-18-20-15(12)19-13/h3,5-6,8-9,11,14H,2,4H2,1H3,(H,18,20). The van der Waals surface area contributed by atoms with Crippen molar-refractivity contribution in [1.82, 2.24) is 15.2 Å². The van der Waals surface area contributed by atoms with Crippen LogP contribution < -0.4 is 0 Å². The van der Waals surface area contributed by atoms with Gasteiger partial charge in [-0.05, 0) is 18.1 Å². The molecule has 0 saturated heterocycles. The lowest BCUT2D eigenvalue weighted by Gasteiger charge is -2.26. The maximum absolute atomic E-state index is 9.60. The summed E-state index contributed by atoms with van der Waals surface area (Å²) in [7, 11) is 0. The van der Waals surface area contributed by atoms with Crippen molar-refractivity contribution in [1.29, 1.82) is 5.26 Å². The minimum atomic E-state index is -0.246. The van der Waals surface area contributed by atoms with Gasteiger partial charge in [-0.1, -0.05) is 19.4 Å². The van der Waals surface area contributed by atoms with Gasteiger partial charge >= 0.3 is 0 Å². The summed E-state index contributed by atoms with van der Waals surface area (Å²) in [5.74, 6) is 0.486. The summed E-state index contributed by atoms with van der Waals surface area (Å²) >= 11 is 0. The number of aromatic amines is 1. The van der Waals surface area contributed by atoms with Gasteiger partial charge in [0.05, 0.1) is 18.2 Å². The van der Waals surface area contributed by atoms with Gasteiger partial charge in [0.1, 0.15) is 0 Å². The van der Waals surface area contributed by atoms with E-state index in [2.05, 4.69) is 33.2 Å². The van der Waals surface area contributed by atoms with Crippen molar-refractivity contribution in [3.63, 3.8) is 0 Å². The molecule has 100 valence electrons. The first-order valence-corrected chi connectivity index (χ1v) is 6.75. The SMILES string of the molecule is CCCC1=Nc2[nH]ncc2C(c2cccnc2)C1C#N. The minimum absolute atomic E-state index is 0.0403. The van der Waals surface area contributed by atoms with Crippen LogP contribution >= 0.6 is 0 Å². The Hall–Kier alpha value is -2.48. The van der Waals surface area contributed by atoms with Crippen LogP contribution in [-0.2, 0) is 0 Å². The molecule has 3 rings (SSSR count). The van der Waals surface area contributed by atoms with Gasteiger partial charge in [-0.3, -0.25) is 10.1 Å². The summed E-state index contributed by atoms with van der Waals surface area (Å²) in [6.45, 7) is 2.10. The summed E-state index contributed by atoms with van der Waals surface area (Å²) in [5, 5.41) is 16.6. The molecule has 2 aromatic heterocycles. The quantitative estimate of drug-likeness (QED) is 0.926. The van der Waals surface area contributed by atoms with Crippen molar-refractivity contribution in [3.8, 4) is 6.07 Å². The van der Waals surface area contributed by atoms with Gasteiger partial charge in [0.2, 0.25) is 0 Å². The molecule has 5 nitrogen and oxygen atoms in total. The smallest absolute Gasteiger partial charge is 0.151 e. The molecule has 0 radical (unpaired) electrons. The maximum Gasteiger partial charge on any atom is 0.151 e. The summed E-state index contributed by atoms with van der Waals surface area (Å²) in [6, 6.07) is 6.32. The van der Waals surface area contributed by atoms with Crippen molar-refractivity contribution >= 4 is 11.5 Å². The molecule has 1 aliphatic heterocycles. The predicted octanol–water partition coefficient (Wildman–Crippen LogP) is 2.96. The number of aliphatic imine (C=N–C) groups is 1. The fourth-order valence-electron chi connectivity index (χ4n) is 2.74. The van der Waals surface area contributed by atoms with E-state index in [1.165, 1.54) is 0 Å². The molecule has 0 aliphatic carbocycles. The van der Waals surface area contributed by atoms with Crippen LogP contribution in [0, 0.1) is 17.2 Å². The van der Waals surface area contributed by atoms with Crippen LogP contribution in [0.3, 0.4) is 0 Å². The van der Waals surface area contributed by atoms with Gasteiger partial charge < -0.3 is 0 Å². The number of fused-ring (bicyclic) bond motifs is 1. The number of hydrogen-bond acceptors (Lipinski definition) is 4. The Bertz CT molecular complexity index is 665. The highest BCUT2D eigenvalue weighted by Gasteiger charge is 2.35. The highest BCUT2D eigenvalue weighted by atomic mass is 15.2. The van der Waals surface area contributed by atoms with E-state index in [1.807, 2.05) is 18.3 Å². The second kappa shape index (κ2) is 5.25. The van der Waals surface area contributed by atoms with Crippen LogP contribution in [0.2, 0.25) is 0 Å². The van der Waals surface area contributed by atoms with E-state index in [-0.39, 0.29) is 11.8 Å². The van der Waals surface area contributed by atoms with Crippen LogP contribution in [0.15, 0.2) is 35.7 Å². The van der Waals surface area contributed by atoms with Crippen LogP contribution in [-0.4, -0.2) is 20.9 Å². The van der Waals surface area contributed by atoms with Crippen molar-refractivity contribution in [3.05, 3.63) is 41.9 Å². The summed E-state index contributed by atoms with van der Waals surface area (Å²) in [5.41, 5.74) is 2.94. The topological polar surface area (TPSA) is 77.7 Å². The lowest BCUT2D eigenvalue weighted by Crippen LogP contribution is -2.25. The number of nitriles is 1. The Kier molecular flexibility index (Phi) is 3.30. The molecule has 0 bridgehead atoms. The molecule has 1 aliphatic rings. The molecule has 2 aromatic rings. The average Bonchev–Trinajstić information content (AvgIpc) is 2.95. The van der Waals surface area contributed by atoms with Gasteiger partial charge in [0, 0.05) is 29.6 Å². The normalized spacial score (nSPS) is 20.9. The molecular weight excluding hydrogens is 250 g/mol. The number of hydrogen-bond donors (Lipinski definition) is 1. The molecule has 0 saturated carbocycles. The number of nitrogens with one attached hydrogen (secondary N) is 1. The zero-order valence-electron chi connectivity index (χ0n) is 11.2. The van der Waals surface area contributed by atoms with Crippen molar-refractivity contribution < 1.29 is 0 Å². The van der Waals surface area contributed by atoms with Crippen molar-refractivity contribution in [2.24, 2.45) is 10.9 Å². The highest BCUT2D eigenvalue weighted by molar-refractivity contribution is 5.94. The summed E-state index contributed by atoms with van der Waals surface area (Å²) in [6.07, 6.45) is 7.13. The van der Waals surface area contributed by atoms with Gasteiger partial charge in [0.25, 0.3) is 0 Å². The summed E-state index contributed by atoms with van der Waals surface area (Å²) in [4.78, 5) is 8.76. The van der Waals surface area contributed by atoms with E-state index < -0.39 is 0 Å². The Labute approximate surface area is 117 Å². The average molecular weight is 265 g/mol. The van der Waals surface area contributed by atoms with E-state index in [0.29, 0.717) is 0 Å². The van der Waals surface area contributed by atoms with Crippen LogP contribution in [0.25, 0.3) is 0 Å². The predicted molar refractivity (Wildman–Crippen MR) is 75.8 cm³/mol. The molecule has 0 aromatic carbocycles. The first-order chi connectivity index (χ1) is 9.85. The third-order valence-corrected chi connectivity index (χ3v) is 3.62. The first-order valence-electron chi connectivity index (χ1n) is 6.75. The molecule has 0 amide bonds. The van der Waals surface area contributed by atoms with Gasteiger partial charge in [-0.25, -0.2) is 4.99 Å². The lowest BCUT2D eigenvalue weighted by atomic mass is 9.77. The number of H-pyrrole nitrogens is 1. The molecule has 3 heterocycles. The minimum Gasteiger partial charge on any atom is -0.264 e. The van der Waals surface area contributed by atoms with Crippen LogP contribution in [0.5, 0.6) is 0 Å². The molecule has 2 unspecified atom stereocenters. The molecule has 0 spiro atoms. The first kappa shape index (κ1) is 12.5. The number of pyridine rings is 1. The highest BCUT2D eigenvalue weighted by Crippen LogP contribution is 2.41. The fourth-order valence-corrected chi connectivity index (χ4v) is 2.74. The fraction of sp³-hybridized carbons (Fsp3) is 0.333. The Morgan fingerprint density at radius 1 is 1.40 bits per heavy atom. The van der Waals surface area contributed by atoms with E-state index in [0.717, 1.165) is 35.5 Å². The van der Waals surface area contributed by atoms with Gasteiger partial charge in [-0.2, -0.15) is 10.4 Å². The second-order valence-corrected chi connectivity index (χ2v) is 4.90. The van der Waals surface area contributed by atoms with Gasteiger partial charge in [0.15, 0.2) is 5.82 Å². The zero-order valence-corrected chi connectivity index (χ0v) is 11.2. The van der Waals surface area contributed by atoms with Crippen LogP contribution in [0.4, 0.5) is 5.82 Å². The number of rotatable bonds is 3. The number of nitrogens with zero attached hydrogens (tertiary/aromatic N) is 4. The molecule has 0 fully saturated rings. The van der Waals surface area contributed by atoms with E-state index >= 15 is 0 Å². The lowest BCUT2D eigenvalue weighted by molar-refractivity contribution is 0.696. The van der Waals surface area contributed by atoms with Crippen LogP contribution in [0.1, 0.15) is 36.8 Å². The molecular formula is C15H15N5. The van der Waals surface area contributed by atoms with Crippen molar-refractivity contribution in [2.45, 2.75) is 25.7 Å². The van der Waals surface area contributed by atoms with E-state index in [1.54, 1.807) is 12.4 Å². The molecule has 5 heteroatoms. The largest absolute Gasteiger partial charge is 0.264 e. The second-order valence-electron chi connectivity index (χ2n) is 4.90. The Balaban J connectivity index is 2.13. The molecule has 1 N–H and O–H groups in total. The molecule has 20 heavy (non-hydrogen) atoms. The number of aromatic nitrogens is 3. The van der Waals surface area contributed by atoms with E-state index in [4.69, 9.17) is 0 Å². The maximum atomic E-state index is 9.60. The Morgan fingerprint density at radius 3 is 3.00 bits per heavy atom. The molecule has 2 atom stereocenters. The summed E-state index contributed by atoms with van der Waals surface area (Å²) < 4.78 is 0. The van der Waals surface area contributed by atoms with Gasteiger partial charge in [-0.15, -0.1) is 0 Å². The zero-order chi connectivity index (χ0) is 13.9. The third kappa shape index (κ3) is 1.99.